The number of H-pyrrole nitrogens is 1. The molecular formula is C22H26F2N2. The van der Waals surface area contributed by atoms with Gasteiger partial charge in [-0.15, -0.1) is 0 Å². The Morgan fingerprint density at radius 3 is 2.54 bits per heavy atom. The van der Waals surface area contributed by atoms with Crippen molar-refractivity contribution >= 4 is 16.6 Å². The first-order valence-electron chi connectivity index (χ1n) is 9.20. The molecule has 1 atom stereocenters. The molecule has 3 N–H and O–H groups in total. The topological polar surface area (TPSA) is 41.8 Å². The van der Waals surface area contributed by atoms with Gasteiger partial charge in [0.25, 0.3) is 0 Å². The van der Waals surface area contributed by atoms with Crippen LogP contribution in [0.15, 0.2) is 24.3 Å². The minimum atomic E-state index is -0.768. The summed E-state index contributed by atoms with van der Waals surface area (Å²) in [6, 6.07) is 7.37. The minimum Gasteiger partial charge on any atom is -0.397 e. The molecule has 0 aliphatic carbocycles. The van der Waals surface area contributed by atoms with Crippen molar-refractivity contribution in [3.05, 3.63) is 63.8 Å². The van der Waals surface area contributed by atoms with E-state index in [-0.39, 0.29) is 5.92 Å². The fourth-order valence-corrected chi connectivity index (χ4v) is 3.69. The molecule has 3 rings (SSSR count). The zero-order valence-electron chi connectivity index (χ0n) is 15.8. The predicted molar refractivity (Wildman–Crippen MR) is 105 cm³/mol. The van der Waals surface area contributed by atoms with Crippen molar-refractivity contribution in [2.24, 2.45) is 0 Å². The number of aryl methyl sites for hydroxylation is 3. The number of nitrogen functional groups attached to an aromatic ring is 1. The van der Waals surface area contributed by atoms with Crippen LogP contribution in [0, 0.1) is 25.5 Å². The molecule has 0 saturated heterocycles. The van der Waals surface area contributed by atoms with Crippen LogP contribution in [0.2, 0.25) is 0 Å². The number of halogens is 2. The van der Waals surface area contributed by atoms with Crippen LogP contribution in [0.5, 0.6) is 0 Å². The highest BCUT2D eigenvalue weighted by molar-refractivity contribution is 5.94. The fraction of sp³-hybridized carbons (Fsp3) is 0.364. The highest BCUT2D eigenvalue weighted by Crippen LogP contribution is 2.36. The van der Waals surface area contributed by atoms with Crippen molar-refractivity contribution in [2.75, 3.05) is 5.73 Å². The van der Waals surface area contributed by atoms with E-state index >= 15 is 0 Å². The first-order valence-corrected chi connectivity index (χ1v) is 9.20. The lowest BCUT2D eigenvalue weighted by Gasteiger charge is -2.15. The molecule has 0 fully saturated rings. The molecule has 3 aromatic rings. The highest BCUT2D eigenvalue weighted by Gasteiger charge is 2.23. The third-order valence-corrected chi connectivity index (χ3v) is 5.21. The van der Waals surface area contributed by atoms with Gasteiger partial charge < -0.3 is 10.7 Å². The molecule has 0 amide bonds. The fourth-order valence-electron chi connectivity index (χ4n) is 3.69. The molecule has 0 saturated carbocycles. The van der Waals surface area contributed by atoms with Gasteiger partial charge in [0, 0.05) is 17.0 Å². The number of hydrogen-bond donors (Lipinski definition) is 2. The van der Waals surface area contributed by atoms with Crippen molar-refractivity contribution in [1.29, 1.82) is 0 Å². The summed E-state index contributed by atoms with van der Waals surface area (Å²) in [5.41, 5.74) is 11.7. The number of benzene rings is 2. The second-order valence-electron chi connectivity index (χ2n) is 7.22. The predicted octanol–water partition coefficient (Wildman–Crippen LogP) is 6.14. The first-order chi connectivity index (χ1) is 12.3. The molecule has 26 heavy (non-hydrogen) atoms. The average Bonchev–Trinajstić information content (AvgIpc) is 2.96. The smallest absolute Gasteiger partial charge is 0.162 e. The summed E-state index contributed by atoms with van der Waals surface area (Å²) in [4.78, 5) is 3.41. The van der Waals surface area contributed by atoms with E-state index in [1.165, 1.54) is 0 Å². The molecule has 2 nitrogen and oxygen atoms in total. The summed E-state index contributed by atoms with van der Waals surface area (Å²) in [5.74, 6) is -1.82. The number of hydrogen-bond acceptors (Lipinski definition) is 1. The molecule has 138 valence electrons. The number of rotatable bonds is 5. The first kappa shape index (κ1) is 18.4. The summed E-state index contributed by atoms with van der Waals surface area (Å²) >= 11 is 0. The second kappa shape index (κ2) is 7.10. The molecule has 0 radical (unpaired) electrons. The summed E-state index contributed by atoms with van der Waals surface area (Å²) < 4.78 is 28.7. The van der Waals surface area contributed by atoms with Gasteiger partial charge >= 0.3 is 0 Å². The van der Waals surface area contributed by atoms with Crippen molar-refractivity contribution in [3.8, 4) is 0 Å². The number of aromatic amines is 1. The Labute approximate surface area is 153 Å². The lowest BCUT2D eigenvalue weighted by Crippen LogP contribution is -2.05. The Kier molecular flexibility index (Phi) is 5.03. The van der Waals surface area contributed by atoms with Crippen LogP contribution in [0.25, 0.3) is 10.9 Å². The minimum absolute atomic E-state index is 0.288. The van der Waals surface area contributed by atoms with Crippen LogP contribution < -0.4 is 5.73 Å². The third-order valence-electron chi connectivity index (χ3n) is 5.21. The molecule has 4 heteroatoms. The molecule has 0 aliphatic rings. The van der Waals surface area contributed by atoms with E-state index in [0.29, 0.717) is 16.8 Å². The number of unbranched alkanes of at least 4 members (excludes halogenated alkanes) is 1. The lowest BCUT2D eigenvalue weighted by atomic mass is 9.91. The standard InChI is InChI=1S/C22H26F2N2/c1-5-6-7-16-17-10-12(2)11-18(25)22(17)26-21(16)14(4)15-9-8-13(3)19(23)20(15)24/h8-11,14,26H,5-7,25H2,1-4H3. The number of anilines is 1. The van der Waals surface area contributed by atoms with Gasteiger partial charge in [0.05, 0.1) is 11.2 Å². The van der Waals surface area contributed by atoms with Crippen molar-refractivity contribution in [1.82, 2.24) is 4.98 Å². The number of aromatic nitrogens is 1. The van der Waals surface area contributed by atoms with E-state index in [0.717, 1.165) is 47.0 Å². The van der Waals surface area contributed by atoms with E-state index in [1.54, 1.807) is 19.1 Å². The number of nitrogens with one attached hydrogen (secondary N) is 1. The van der Waals surface area contributed by atoms with Crippen molar-refractivity contribution < 1.29 is 8.78 Å². The quantitative estimate of drug-likeness (QED) is 0.530. The third kappa shape index (κ3) is 3.09. The Hall–Kier alpha value is -2.36. The summed E-state index contributed by atoms with van der Waals surface area (Å²) in [7, 11) is 0. The molecule has 1 heterocycles. The monoisotopic (exact) mass is 356 g/mol. The highest BCUT2D eigenvalue weighted by atomic mass is 19.2. The van der Waals surface area contributed by atoms with Gasteiger partial charge in [0.15, 0.2) is 11.6 Å². The molecular weight excluding hydrogens is 330 g/mol. The normalized spacial score (nSPS) is 12.7. The molecule has 1 unspecified atom stereocenters. The maximum atomic E-state index is 14.6. The molecule has 0 bridgehead atoms. The Bertz CT molecular complexity index is 957. The van der Waals surface area contributed by atoms with Gasteiger partial charge in [-0.05, 0) is 61.1 Å². The van der Waals surface area contributed by atoms with Crippen LogP contribution in [-0.2, 0) is 6.42 Å². The van der Waals surface area contributed by atoms with Crippen LogP contribution in [0.3, 0.4) is 0 Å². The van der Waals surface area contributed by atoms with Crippen molar-refractivity contribution in [3.63, 3.8) is 0 Å². The second-order valence-corrected chi connectivity index (χ2v) is 7.22. The largest absolute Gasteiger partial charge is 0.397 e. The van der Waals surface area contributed by atoms with E-state index in [2.05, 4.69) is 18.0 Å². The van der Waals surface area contributed by atoms with Crippen LogP contribution in [0.4, 0.5) is 14.5 Å². The van der Waals surface area contributed by atoms with Crippen LogP contribution in [0.1, 0.15) is 60.6 Å². The van der Waals surface area contributed by atoms with E-state index in [1.807, 2.05) is 19.9 Å². The lowest BCUT2D eigenvalue weighted by molar-refractivity contribution is 0.490. The Balaban J connectivity index is 2.20. The van der Waals surface area contributed by atoms with Crippen LogP contribution >= 0.6 is 0 Å². The van der Waals surface area contributed by atoms with Crippen molar-refractivity contribution in [2.45, 2.75) is 52.9 Å². The number of fused-ring (bicyclic) bond motifs is 1. The zero-order chi connectivity index (χ0) is 19.0. The summed E-state index contributed by atoms with van der Waals surface area (Å²) in [6.07, 6.45) is 2.98. The Morgan fingerprint density at radius 2 is 1.85 bits per heavy atom. The van der Waals surface area contributed by atoms with Crippen LogP contribution in [-0.4, -0.2) is 4.98 Å². The zero-order valence-corrected chi connectivity index (χ0v) is 15.8. The SMILES string of the molecule is CCCCc1c(C(C)c2ccc(C)c(F)c2F)[nH]c2c(N)cc(C)cc12. The van der Waals surface area contributed by atoms with E-state index < -0.39 is 11.6 Å². The Morgan fingerprint density at radius 1 is 1.12 bits per heavy atom. The summed E-state index contributed by atoms with van der Waals surface area (Å²) in [5, 5.41) is 1.09. The maximum Gasteiger partial charge on any atom is 0.162 e. The molecule has 1 aromatic heterocycles. The van der Waals surface area contributed by atoms with E-state index in [4.69, 9.17) is 5.73 Å². The van der Waals surface area contributed by atoms with Gasteiger partial charge in [-0.3, -0.25) is 0 Å². The molecule has 0 spiro atoms. The molecule has 2 aromatic carbocycles. The summed E-state index contributed by atoms with van der Waals surface area (Å²) in [6.45, 7) is 7.65. The maximum absolute atomic E-state index is 14.6. The average molecular weight is 356 g/mol. The van der Waals surface area contributed by atoms with Gasteiger partial charge in [-0.25, -0.2) is 8.78 Å². The van der Waals surface area contributed by atoms with Gasteiger partial charge in [-0.1, -0.05) is 32.4 Å². The molecule has 0 aliphatic heterocycles. The number of nitrogens with two attached hydrogens (primary N) is 1. The van der Waals surface area contributed by atoms with Gasteiger partial charge in [-0.2, -0.15) is 0 Å². The van der Waals surface area contributed by atoms with Gasteiger partial charge in [0.2, 0.25) is 0 Å². The van der Waals surface area contributed by atoms with Gasteiger partial charge in [0.1, 0.15) is 0 Å². The van der Waals surface area contributed by atoms with E-state index in [9.17, 15) is 8.78 Å².